The highest BCUT2D eigenvalue weighted by atomic mass is 32.2. The Morgan fingerprint density at radius 3 is 2.42 bits per heavy atom. The Hall–Kier alpha value is -1.80. The highest BCUT2D eigenvalue weighted by Crippen LogP contribution is 2.25. The molecule has 1 aliphatic heterocycles. The van der Waals surface area contributed by atoms with E-state index in [1.807, 2.05) is 0 Å². The first-order valence-corrected chi connectivity index (χ1v) is 10.4. The number of piperidine rings is 1. The Bertz CT molecular complexity index is 725. The molecule has 1 N–H and O–H groups in total. The first-order valence-electron chi connectivity index (χ1n) is 8.75. The van der Waals surface area contributed by atoms with Gasteiger partial charge in [0, 0.05) is 25.7 Å². The van der Waals surface area contributed by atoms with E-state index < -0.39 is 10.0 Å². The molecule has 1 aromatic carbocycles. The summed E-state index contributed by atoms with van der Waals surface area (Å²) in [7, 11) is -0.390. The summed E-state index contributed by atoms with van der Waals surface area (Å²) in [5.74, 6) is 1.17. The molecule has 2 rings (SSSR count). The molecule has 0 saturated carbocycles. The second-order valence-electron chi connectivity index (χ2n) is 6.90. The van der Waals surface area contributed by atoms with Gasteiger partial charge in [-0.1, -0.05) is 13.8 Å². The van der Waals surface area contributed by atoms with Gasteiger partial charge in [-0.2, -0.15) is 0 Å². The molecule has 1 amide bonds. The van der Waals surface area contributed by atoms with Crippen molar-refractivity contribution in [2.24, 2.45) is 11.8 Å². The second-order valence-corrected chi connectivity index (χ2v) is 8.99. The van der Waals surface area contributed by atoms with Gasteiger partial charge in [-0.25, -0.2) is 12.7 Å². The Labute approximate surface area is 155 Å². The third kappa shape index (κ3) is 5.11. The molecule has 0 aliphatic carbocycles. The van der Waals surface area contributed by atoms with Gasteiger partial charge in [-0.15, -0.1) is 0 Å². The SMILES string of the molecule is COc1ccc(C(=O)NCCS(=O)(=O)N2C[C@H](C)C[C@@H](C)C2)c(OC)c1. The molecule has 0 unspecified atom stereocenters. The van der Waals surface area contributed by atoms with Crippen LogP contribution in [-0.2, 0) is 10.0 Å². The zero-order valence-corrected chi connectivity index (χ0v) is 16.6. The molecule has 7 nitrogen and oxygen atoms in total. The summed E-state index contributed by atoms with van der Waals surface area (Å²) in [6.45, 7) is 5.28. The first kappa shape index (κ1) is 20.5. The number of rotatable bonds is 7. The van der Waals surface area contributed by atoms with Crippen LogP contribution in [0.25, 0.3) is 0 Å². The van der Waals surface area contributed by atoms with E-state index in [2.05, 4.69) is 19.2 Å². The van der Waals surface area contributed by atoms with Crippen molar-refractivity contribution in [3.63, 3.8) is 0 Å². The van der Waals surface area contributed by atoms with Crippen LogP contribution >= 0.6 is 0 Å². The number of benzene rings is 1. The molecule has 1 fully saturated rings. The Morgan fingerprint density at radius 1 is 1.19 bits per heavy atom. The molecule has 0 radical (unpaired) electrons. The fourth-order valence-electron chi connectivity index (χ4n) is 3.34. The van der Waals surface area contributed by atoms with E-state index >= 15 is 0 Å². The minimum atomic E-state index is -3.39. The van der Waals surface area contributed by atoms with E-state index in [1.165, 1.54) is 14.2 Å². The van der Waals surface area contributed by atoms with Crippen molar-refractivity contribution in [1.82, 2.24) is 9.62 Å². The molecule has 0 spiro atoms. The van der Waals surface area contributed by atoms with Gasteiger partial charge in [0.2, 0.25) is 10.0 Å². The van der Waals surface area contributed by atoms with E-state index in [0.29, 0.717) is 42.0 Å². The normalized spacial score (nSPS) is 21.2. The van der Waals surface area contributed by atoms with Crippen LogP contribution in [0.15, 0.2) is 18.2 Å². The summed E-state index contributed by atoms with van der Waals surface area (Å²) in [5.41, 5.74) is 0.339. The van der Waals surface area contributed by atoms with Crippen molar-refractivity contribution in [3.05, 3.63) is 23.8 Å². The van der Waals surface area contributed by atoms with Gasteiger partial charge in [0.05, 0.1) is 25.5 Å². The van der Waals surface area contributed by atoms with E-state index in [0.717, 1.165) is 6.42 Å². The lowest BCUT2D eigenvalue weighted by Crippen LogP contribution is -2.45. The summed E-state index contributed by atoms with van der Waals surface area (Å²) in [6.07, 6.45) is 1.04. The molecular weight excluding hydrogens is 356 g/mol. The second kappa shape index (κ2) is 8.73. The fraction of sp³-hybridized carbons (Fsp3) is 0.611. The molecule has 1 saturated heterocycles. The third-order valence-electron chi connectivity index (χ3n) is 4.53. The Balaban J connectivity index is 1.95. The summed E-state index contributed by atoms with van der Waals surface area (Å²) >= 11 is 0. The van der Waals surface area contributed by atoms with Crippen LogP contribution < -0.4 is 14.8 Å². The van der Waals surface area contributed by atoms with Crippen LogP contribution in [-0.4, -0.2) is 58.2 Å². The largest absolute Gasteiger partial charge is 0.497 e. The summed E-state index contributed by atoms with van der Waals surface area (Å²) in [6, 6.07) is 4.86. The zero-order valence-electron chi connectivity index (χ0n) is 15.8. The van der Waals surface area contributed by atoms with Crippen molar-refractivity contribution in [3.8, 4) is 11.5 Å². The Morgan fingerprint density at radius 2 is 1.85 bits per heavy atom. The van der Waals surface area contributed by atoms with Gasteiger partial charge in [0.25, 0.3) is 5.91 Å². The number of carbonyl (C=O) groups is 1. The molecule has 146 valence electrons. The van der Waals surface area contributed by atoms with Gasteiger partial charge in [-0.3, -0.25) is 4.79 Å². The predicted molar refractivity (Wildman–Crippen MR) is 100 cm³/mol. The molecule has 1 aliphatic rings. The van der Waals surface area contributed by atoms with Gasteiger partial charge in [-0.05, 0) is 30.4 Å². The average Bonchev–Trinajstić information content (AvgIpc) is 2.60. The molecule has 0 bridgehead atoms. The minimum absolute atomic E-state index is 0.0512. The number of methoxy groups -OCH3 is 2. The van der Waals surface area contributed by atoms with Crippen LogP contribution in [0.4, 0.5) is 0 Å². The Kier molecular flexibility index (Phi) is 6.88. The summed E-state index contributed by atoms with van der Waals surface area (Å²) < 4.78 is 36.9. The molecular formula is C18H28N2O5S. The maximum atomic E-state index is 12.5. The number of ether oxygens (including phenoxy) is 2. The van der Waals surface area contributed by atoms with E-state index in [-0.39, 0.29) is 18.2 Å². The third-order valence-corrected chi connectivity index (χ3v) is 6.33. The highest BCUT2D eigenvalue weighted by molar-refractivity contribution is 7.89. The molecule has 8 heteroatoms. The number of hydrogen-bond donors (Lipinski definition) is 1. The van der Waals surface area contributed by atoms with Crippen molar-refractivity contribution in [2.75, 3.05) is 39.6 Å². The number of hydrogen-bond acceptors (Lipinski definition) is 5. The quantitative estimate of drug-likeness (QED) is 0.774. The number of nitrogens with zero attached hydrogens (tertiary/aromatic N) is 1. The van der Waals surface area contributed by atoms with Crippen molar-refractivity contribution in [1.29, 1.82) is 0 Å². The molecule has 26 heavy (non-hydrogen) atoms. The van der Waals surface area contributed by atoms with Crippen LogP contribution in [0.2, 0.25) is 0 Å². The summed E-state index contributed by atoms with van der Waals surface area (Å²) in [5, 5.41) is 2.66. The summed E-state index contributed by atoms with van der Waals surface area (Å²) in [4.78, 5) is 12.3. The van der Waals surface area contributed by atoms with E-state index in [4.69, 9.17) is 9.47 Å². The van der Waals surface area contributed by atoms with E-state index in [9.17, 15) is 13.2 Å². The number of nitrogens with one attached hydrogen (secondary N) is 1. The lowest BCUT2D eigenvalue weighted by atomic mass is 9.94. The minimum Gasteiger partial charge on any atom is -0.497 e. The maximum Gasteiger partial charge on any atom is 0.255 e. The lowest BCUT2D eigenvalue weighted by Gasteiger charge is -2.34. The average molecular weight is 384 g/mol. The van der Waals surface area contributed by atoms with Gasteiger partial charge < -0.3 is 14.8 Å². The molecule has 1 aromatic rings. The lowest BCUT2D eigenvalue weighted by molar-refractivity contribution is 0.0953. The standard InChI is InChI=1S/C18H28N2O5S/c1-13-9-14(2)12-20(11-13)26(22,23)8-7-19-18(21)16-6-5-15(24-3)10-17(16)25-4/h5-6,10,13-14H,7-9,11-12H2,1-4H3,(H,19,21)/t13-,14-/m1/s1. The first-order chi connectivity index (χ1) is 12.3. The highest BCUT2D eigenvalue weighted by Gasteiger charge is 2.30. The van der Waals surface area contributed by atoms with Crippen LogP contribution in [0.5, 0.6) is 11.5 Å². The van der Waals surface area contributed by atoms with Crippen molar-refractivity contribution in [2.45, 2.75) is 20.3 Å². The number of carbonyl (C=O) groups excluding carboxylic acids is 1. The van der Waals surface area contributed by atoms with E-state index in [1.54, 1.807) is 22.5 Å². The van der Waals surface area contributed by atoms with Crippen LogP contribution in [0.3, 0.4) is 0 Å². The molecule has 1 heterocycles. The fourth-order valence-corrected chi connectivity index (χ4v) is 4.92. The predicted octanol–water partition coefficient (Wildman–Crippen LogP) is 1.74. The van der Waals surface area contributed by atoms with Gasteiger partial charge in [0.1, 0.15) is 11.5 Å². The van der Waals surface area contributed by atoms with Crippen molar-refractivity contribution < 1.29 is 22.7 Å². The van der Waals surface area contributed by atoms with Crippen molar-refractivity contribution >= 4 is 15.9 Å². The monoisotopic (exact) mass is 384 g/mol. The van der Waals surface area contributed by atoms with Gasteiger partial charge >= 0.3 is 0 Å². The van der Waals surface area contributed by atoms with Gasteiger partial charge in [0.15, 0.2) is 0 Å². The zero-order chi connectivity index (χ0) is 19.3. The number of amides is 1. The topological polar surface area (TPSA) is 84.9 Å². The smallest absolute Gasteiger partial charge is 0.255 e. The maximum absolute atomic E-state index is 12.5. The number of sulfonamides is 1. The molecule has 0 aromatic heterocycles. The van der Waals surface area contributed by atoms with Crippen LogP contribution in [0, 0.1) is 11.8 Å². The molecule has 2 atom stereocenters. The van der Waals surface area contributed by atoms with Crippen LogP contribution in [0.1, 0.15) is 30.6 Å².